The van der Waals surface area contributed by atoms with Crippen molar-refractivity contribution in [1.82, 2.24) is 0 Å². The Kier molecular flexibility index (Phi) is 8.20. The Balaban J connectivity index is 2.65. The summed E-state index contributed by atoms with van der Waals surface area (Å²) in [6.07, 6.45) is 8.34. The summed E-state index contributed by atoms with van der Waals surface area (Å²) in [5.74, 6) is 0. The number of unbranched alkanes of at least 4 members (excludes halogenated alkanes) is 3. The summed E-state index contributed by atoms with van der Waals surface area (Å²) in [5.41, 5.74) is 0. The zero-order valence-corrected chi connectivity index (χ0v) is 15.4. The second kappa shape index (κ2) is 8.80. The molecule has 0 saturated carbocycles. The van der Waals surface area contributed by atoms with Crippen molar-refractivity contribution < 1.29 is 9.84 Å². The first-order chi connectivity index (χ1) is 8.74. The fourth-order valence-electron chi connectivity index (χ4n) is 3.21. The first kappa shape index (κ1) is 16.8. The van der Waals surface area contributed by atoms with E-state index in [0.717, 1.165) is 0 Å². The maximum absolute atomic E-state index is 9.32. The van der Waals surface area contributed by atoms with E-state index in [-0.39, 0.29) is 12.7 Å². The molecule has 0 aromatic heterocycles. The van der Waals surface area contributed by atoms with E-state index in [1.807, 2.05) is 0 Å². The van der Waals surface area contributed by atoms with E-state index in [9.17, 15) is 5.11 Å². The van der Waals surface area contributed by atoms with Crippen LogP contribution in [0.3, 0.4) is 0 Å². The normalized spacial score (nSPS) is 23.3. The molecule has 0 amide bonds. The zero-order chi connectivity index (χ0) is 13.4. The van der Waals surface area contributed by atoms with E-state index < -0.39 is 18.4 Å². The van der Waals surface area contributed by atoms with Gasteiger partial charge in [0.15, 0.2) is 0 Å². The summed E-state index contributed by atoms with van der Waals surface area (Å²) in [6.45, 7) is 7.16. The Hall–Kier alpha value is 0.719. The molecule has 3 heteroatoms. The van der Waals surface area contributed by atoms with Crippen LogP contribution in [0.25, 0.3) is 0 Å². The predicted octanol–water partition coefficient (Wildman–Crippen LogP) is 4.13. The quantitative estimate of drug-likeness (QED) is 0.442. The molecule has 0 aromatic rings. The van der Waals surface area contributed by atoms with E-state index in [0.29, 0.717) is 4.12 Å². The van der Waals surface area contributed by atoms with Gasteiger partial charge in [0.25, 0.3) is 0 Å². The summed E-state index contributed by atoms with van der Waals surface area (Å²) in [7, 11) is 0. The van der Waals surface area contributed by atoms with E-state index in [1.165, 1.54) is 51.8 Å². The molecule has 108 valence electrons. The van der Waals surface area contributed by atoms with Gasteiger partial charge in [0.2, 0.25) is 0 Å². The van der Waals surface area contributed by atoms with Crippen LogP contribution in [-0.2, 0) is 4.74 Å². The van der Waals surface area contributed by atoms with Crippen molar-refractivity contribution in [3.63, 3.8) is 0 Å². The summed E-state index contributed by atoms with van der Waals surface area (Å²) in [6, 6.07) is 0. The maximum atomic E-state index is 9.32. The summed E-state index contributed by atoms with van der Waals surface area (Å²) in [5, 5.41) is 9.32. The minimum atomic E-state index is -2.13. The van der Waals surface area contributed by atoms with Crippen LogP contribution in [0.1, 0.15) is 59.3 Å². The van der Waals surface area contributed by atoms with Crippen LogP contribution in [-0.4, -0.2) is 40.3 Å². The van der Waals surface area contributed by atoms with Gasteiger partial charge in [-0.1, -0.05) is 0 Å². The first-order valence-corrected chi connectivity index (χ1v) is 15.7. The Morgan fingerprint density at radius 3 is 1.61 bits per heavy atom. The summed E-state index contributed by atoms with van der Waals surface area (Å²) >= 11 is -2.13. The van der Waals surface area contributed by atoms with Crippen LogP contribution in [0, 0.1) is 0 Å². The average Bonchev–Trinajstić information content (AvgIpc) is 3.18. The van der Waals surface area contributed by atoms with E-state index in [1.54, 1.807) is 0 Å². The fraction of sp³-hybridized carbons (Fsp3) is 1.00. The first-order valence-electron chi connectivity index (χ1n) is 8.00. The number of hydrogen-bond donors (Lipinski definition) is 1. The van der Waals surface area contributed by atoms with Crippen molar-refractivity contribution >= 4 is 18.4 Å². The van der Waals surface area contributed by atoms with Gasteiger partial charge >= 0.3 is 118 Å². The van der Waals surface area contributed by atoms with Crippen LogP contribution >= 0.6 is 0 Å². The van der Waals surface area contributed by atoms with Gasteiger partial charge < -0.3 is 0 Å². The SMILES string of the molecule is CCC[CH2][Sn]([CH2]CCC)([CH2]CCC)[CH]1OC1CO. The third-order valence-electron chi connectivity index (χ3n) is 4.45. The number of ether oxygens (including phenoxy) is 1. The molecule has 1 saturated heterocycles. The molecule has 1 rings (SSSR count). The summed E-state index contributed by atoms with van der Waals surface area (Å²) < 4.78 is 10.9. The van der Waals surface area contributed by atoms with Gasteiger partial charge in [0, 0.05) is 0 Å². The Morgan fingerprint density at radius 2 is 1.33 bits per heavy atom. The Bertz CT molecular complexity index is 199. The molecule has 2 unspecified atom stereocenters. The molecule has 1 aliphatic heterocycles. The average molecular weight is 363 g/mol. The van der Waals surface area contributed by atoms with Gasteiger partial charge in [-0.05, 0) is 0 Å². The van der Waals surface area contributed by atoms with Crippen LogP contribution in [0.5, 0.6) is 0 Å². The van der Waals surface area contributed by atoms with Gasteiger partial charge in [-0.15, -0.1) is 0 Å². The standard InChI is InChI=1S/3C4H9.C3H5O2.Sn/c3*1-3-4-2;4-1-3-2-5-3;/h3*1,3-4H2,2H3;2-4H,1H2;. The molecular formula is C15H32O2Sn. The number of aliphatic hydroxyl groups excluding tert-OH is 1. The fourth-order valence-corrected chi connectivity index (χ4v) is 20.7. The number of rotatable bonds is 11. The molecule has 1 fully saturated rings. The molecule has 0 radical (unpaired) electrons. The third kappa shape index (κ3) is 4.68. The van der Waals surface area contributed by atoms with Gasteiger partial charge in [-0.2, -0.15) is 0 Å². The molecule has 0 aromatic carbocycles. The van der Waals surface area contributed by atoms with Gasteiger partial charge in [0.05, 0.1) is 0 Å². The minimum absolute atomic E-state index is 0.228. The van der Waals surface area contributed by atoms with Crippen LogP contribution in [0.2, 0.25) is 13.3 Å². The Morgan fingerprint density at radius 1 is 0.889 bits per heavy atom. The van der Waals surface area contributed by atoms with Crippen LogP contribution in [0.4, 0.5) is 0 Å². The second-order valence-corrected chi connectivity index (χ2v) is 19.6. The van der Waals surface area contributed by atoms with Gasteiger partial charge in [-0.25, -0.2) is 0 Å². The van der Waals surface area contributed by atoms with Gasteiger partial charge in [0.1, 0.15) is 0 Å². The van der Waals surface area contributed by atoms with Crippen LogP contribution in [0.15, 0.2) is 0 Å². The van der Waals surface area contributed by atoms with E-state index >= 15 is 0 Å². The summed E-state index contributed by atoms with van der Waals surface area (Å²) in [4.78, 5) is 0. The van der Waals surface area contributed by atoms with Crippen molar-refractivity contribution in [3.05, 3.63) is 0 Å². The molecule has 1 aliphatic rings. The van der Waals surface area contributed by atoms with E-state index in [4.69, 9.17) is 4.74 Å². The second-order valence-electron chi connectivity index (χ2n) is 5.95. The van der Waals surface area contributed by atoms with Crippen molar-refractivity contribution in [2.75, 3.05) is 6.61 Å². The van der Waals surface area contributed by atoms with E-state index in [2.05, 4.69) is 20.8 Å². The topological polar surface area (TPSA) is 32.8 Å². The molecule has 0 bridgehead atoms. The molecular weight excluding hydrogens is 331 g/mol. The molecule has 0 aliphatic carbocycles. The molecule has 2 atom stereocenters. The number of epoxide rings is 1. The zero-order valence-electron chi connectivity index (χ0n) is 12.6. The molecule has 1 heterocycles. The van der Waals surface area contributed by atoms with Crippen LogP contribution < -0.4 is 0 Å². The molecule has 0 spiro atoms. The van der Waals surface area contributed by atoms with Crippen molar-refractivity contribution in [2.45, 2.75) is 82.8 Å². The van der Waals surface area contributed by atoms with Crippen molar-refractivity contribution in [2.24, 2.45) is 0 Å². The van der Waals surface area contributed by atoms with Gasteiger partial charge in [-0.3, -0.25) is 0 Å². The predicted molar refractivity (Wildman–Crippen MR) is 80.6 cm³/mol. The number of aliphatic hydroxyl groups is 1. The monoisotopic (exact) mass is 364 g/mol. The molecule has 1 N–H and O–H groups in total. The van der Waals surface area contributed by atoms with Crippen molar-refractivity contribution in [1.29, 1.82) is 0 Å². The molecule has 2 nitrogen and oxygen atoms in total. The van der Waals surface area contributed by atoms with Crippen molar-refractivity contribution in [3.8, 4) is 0 Å². The Labute approximate surface area is 117 Å². The third-order valence-corrected chi connectivity index (χ3v) is 20.9. The molecule has 18 heavy (non-hydrogen) atoms. The number of hydrogen-bond acceptors (Lipinski definition) is 2.